The number of carbonyl (C=O) groups is 2. The first-order valence-corrected chi connectivity index (χ1v) is 10.3. The van der Waals surface area contributed by atoms with Crippen LogP contribution in [0.4, 0.5) is 4.79 Å². The van der Waals surface area contributed by atoms with Gasteiger partial charge in [-0.2, -0.15) is 0 Å². The Morgan fingerprint density at radius 1 is 1.28 bits per heavy atom. The summed E-state index contributed by atoms with van der Waals surface area (Å²) in [5, 5.41) is 5.21. The third-order valence-corrected chi connectivity index (χ3v) is 6.37. The molecule has 2 amide bonds. The molecule has 0 radical (unpaired) electrons. The third-order valence-electron chi connectivity index (χ3n) is 5.39. The maximum Gasteiger partial charge on any atom is 0.317 e. The molecule has 0 spiro atoms. The van der Waals surface area contributed by atoms with Gasteiger partial charge in [0.25, 0.3) is 0 Å². The zero-order chi connectivity index (χ0) is 17.6. The van der Waals surface area contributed by atoms with Crippen LogP contribution in [0.3, 0.4) is 0 Å². The number of nitrogens with one attached hydrogen (secondary N) is 1. The van der Waals surface area contributed by atoms with Gasteiger partial charge in [0.1, 0.15) is 0 Å². The van der Waals surface area contributed by atoms with Crippen molar-refractivity contribution >= 4 is 23.3 Å². The largest absolute Gasteiger partial charge is 0.466 e. The summed E-state index contributed by atoms with van der Waals surface area (Å²) in [6, 6.07) is 4.47. The van der Waals surface area contributed by atoms with Crippen LogP contribution in [-0.2, 0) is 9.53 Å². The fraction of sp³-hybridized carbons (Fsp3) is 0.684. The third kappa shape index (κ3) is 4.54. The van der Waals surface area contributed by atoms with Crippen LogP contribution in [0.5, 0.6) is 0 Å². The van der Waals surface area contributed by atoms with Gasteiger partial charge in [0.05, 0.1) is 18.6 Å². The summed E-state index contributed by atoms with van der Waals surface area (Å²) < 4.78 is 5.12. The second-order valence-electron chi connectivity index (χ2n) is 7.02. The SMILES string of the molecule is CCOC(=O)C1CCC(CNC(=O)N2CCC[C@H]2c2cccs2)CC1. The summed E-state index contributed by atoms with van der Waals surface area (Å²) in [6.07, 6.45) is 5.84. The van der Waals surface area contributed by atoms with Gasteiger partial charge in [-0.25, -0.2) is 4.79 Å². The van der Waals surface area contributed by atoms with Crippen LogP contribution in [0.15, 0.2) is 17.5 Å². The molecule has 0 bridgehead atoms. The molecule has 1 aromatic heterocycles. The topological polar surface area (TPSA) is 58.6 Å². The van der Waals surface area contributed by atoms with E-state index in [0.717, 1.165) is 45.1 Å². The monoisotopic (exact) mass is 364 g/mol. The molecule has 1 aliphatic heterocycles. The lowest BCUT2D eigenvalue weighted by molar-refractivity contribution is -0.149. The van der Waals surface area contributed by atoms with Gasteiger partial charge in [-0.05, 0) is 62.8 Å². The van der Waals surface area contributed by atoms with Crippen LogP contribution in [-0.4, -0.2) is 36.6 Å². The molecule has 3 rings (SSSR count). The summed E-state index contributed by atoms with van der Waals surface area (Å²) >= 11 is 1.73. The quantitative estimate of drug-likeness (QED) is 0.805. The minimum absolute atomic E-state index is 0.0497. The molecule has 0 unspecified atom stereocenters. The molecule has 1 atom stereocenters. The van der Waals surface area contributed by atoms with Gasteiger partial charge in [-0.3, -0.25) is 4.79 Å². The van der Waals surface area contributed by atoms with Gasteiger partial charge >= 0.3 is 12.0 Å². The van der Waals surface area contributed by atoms with Crippen molar-refractivity contribution in [1.82, 2.24) is 10.2 Å². The Balaban J connectivity index is 1.43. The minimum Gasteiger partial charge on any atom is -0.466 e. The summed E-state index contributed by atoms with van der Waals surface area (Å²) in [6.45, 7) is 3.85. The summed E-state index contributed by atoms with van der Waals surface area (Å²) in [7, 11) is 0. The number of ether oxygens (including phenoxy) is 1. The molecular weight excluding hydrogens is 336 g/mol. The Kier molecular flexibility index (Phi) is 6.34. The Morgan fingerprint density at radius 3 is 2.76 bits per heavy atom. The van der Waals surface area contributed by atoms with E-state index in [1.165, 1.54) is 4.88 Å². The Bertz CT molecular complexity index is 567. The average molecular weight is 365 g/mol. The smallest absolute Gasteiger partial charge is 0.317 e. The molecule has 138 valence electrons. The van der Waals surface area contributed by atoms with Gasteiger partial charge in [0.2, 0.25) is 0 Å². The standard InChI is InChI=1S/C19H28N2O3S/c1-2-24-18(22)15-9-7-14(8-10-15)13-20-19(23)21-11-3-5-16(21)17-6-4-12-25-17/h4,6,12,14-16H,2-3,5,7-11,13H2,1H3,(H,20,23)/t14?,15?,16-/m0/s1. The Labute approximate surface area is 153 Å². The normalized spacial score (nSPS) is 26.4. The van der Waals surface area contributed by atoms with Crippen LogP contribution in [0, 0.1) is 11.8 Å². The Morgan fingerprint density at radius 2 is 2.08 bits per heavy atom. The van der Waals surface area contributed by atoms with Gasteiger partial charge < -0.3 is 15.0 Å². The second kappa shape index (κ2) is 8.70. The number of likely N-dealkylation sites (tertiary alicyclic amines) is 1. The molecule has 1 saturated heterocycles. The molecule has 6 heteroatoms. The molecular formula is C19H28N2O3S. The highest BCUT2D eigenvalue weighted by molar-refractivity contribution is 7.10. The lowest BCUT2D eigenvalue weighted by atomic mass is 9.82. The first-order valence-electron chi connectivity index (χ1n) is 9.43. The van der Waals surface area contributed by atoms with Crippen molar-refractivity contribution in [2.45, 2.75) is 51.5 Å². The predicted octanol–water partition coefficient (Wildman–Crippen LogP) is 3.96. The number of nitrogens with zero attached hydrogens (tertiary/aromatic N) is 1. The Hall–Kier alpha value is -1.56. The molecule has 2 aliphatic rings. The number of urea groups is 1. The number of rotatable bonds is 5. The summed E-state index contributed by atoms with van der Waals surface area (Å²) in [4.78, 5) is 27.7. The lowest BCUT2D eigenvalue weighted by Gasteiger charge is -2.29. The van der Waals surface area contributed by atoms with Crippen molar-refractivity contribution in [2.75, 3.05) is 19.7 Å². The first-order chi connectivity index (χ1) is 12.2. The van der Waals surface area contributed by atoms with Gasteiger partial charge in [0.15, 0.2) is 0 Å². The van der Waals surface area contributed by atoms with Crippen molar-refractivity contribution in [3.63, 3.8) is 0 Å². The van der Waals surface area contributed by atoms with Crippen molar-refractivity contribution in [2.24, 2.45) is 11.8 Å². The number of amides is 2. The number of esters is 1. The van der Waals surface area contributed by atoms with E-state index in [1.54, 1.807) is 11.3 Å². The van der Waals surface area contributed by atoms with Gasteiger partial charge in [-0.1, -0.05) is 6.07 Å². The highest BCUT2D eigenvalue weighted by Crippen LogP contribution is 2.34. The van der Waals surface area contributed by atoms with E-state index in [0.29, 0.717) is 19.1 Å². The van der Waals surface area contributed by atoms with E-state index in [1.807, 2.05) is 11.8 Å². The van der Waals surface area contributed by atoms with Crippen LogP contribution >= 0.6 is 11.3 Å². The number of hydrogen-bond donors (Lipinski definition) is 1. The van der Waals surface area contributed by atoms with Crippen molar-refractivity contribution in [3.05, 3.63) is 22.4 Å². The molecule has 2 heterocycles. The number of carbonyl (C=O) groups excluding carboxylic acids is 2. The van der Waals surface area contributed by atoms with Crippen molar-refractivity contribution in [3.8, 4) is 0 Å². The molecule has 1 saturated carbocycles. The average Bonchev–Trinajstić information content (AvgIpc) is 3.31. The van der Waals surface area contributed by atoms with Crippen molar-refractivity contribution < 1.29 is 14.3 Å². The fourth-order valence-electron chi connectivity index (χ4n) is 3.98. The van der Waals surface area contributed by atoms with Gasteiger partial charge in [0, 0.05) is 18.0 Å². The lowest BCUT2D eigenvalue weighted by Crippen LogP contribution is -2.42. The minimum atomic E-state index is -0.0548. The molecule has 2 fully saturated rings. The molecule has 5 nitrogen and oxygen atoms in total. The molecule has 25 heavy (non-hydrogen) atoms. The van der Waals surface area contributed by atoms with E-state index < -0.39 is 0 Å². The van der Waals surface area contributed by atoms with Crippen molar-refractivity contribution in [1.29, 1.82) is 0 Å². The number of hydrogen-bond acceptors (Lipinski definition) is 4. The predicted molar refractivity (Wildman–Crippen MR) is 98.5 cm³/mol. The zero-order valence-electron chi connectivity index (χ0n) is 14.9. The maximum absolute atomic E-state index is 12.6. The fourth-order valence-corrected chi connectivity index (χ4v) is 4.86. The molecule has 0 aromatic carbocycles. The van der Waals surface area contributed by atoms with Crippen LogP contribution in [0.25, 0.3) is 0 Å². The molecule has 1 N–H and O–H groups in total. The highest BCUT2D eigenvalue weighted by Gasteiger charge is 2.32. The van der Waals surface area contributed by atoms with Crippen LogP contribution < -0.4 is 5.32 Å². The molecule has 1 aliphatic carbocycles. The zero-order valence-corrected chi connectivity index (χ0v) is 15.7. The summed E-state index contributed by atoms with van der Waals surface area (Å²) in [5.41, 5.74) is 0. The number of thiophene rings is 1. The van der Waals surface area contributed by atoms with E-state index in [4.69, 9.17) is 4.74 Å². The second-order valence-corrected chi connectivity index (χ2v) is 8.00. The first kappa shape index (κ1) is 18.2. The van der Waals surface area contributed by atoms with Crippen LogP contribution in [0.1, 0.15) is 56.4 Å². The van der Waals surface area contributed by atoms with E-state index in [2.05, 4.69) is 22.8 Å². The summed E-state index contributed by atoms with van der Waals surface area (Å²) in [5.74, 6) is 0.465. The van der Waals surface area contributed by atoms with Gasteiger partial charge in [-0.15, -0.1) is 11.3 Å². The molecule has 1 aromatic rings. The highest BCUT2D eigenvalue weighted by atomic mass is 32.1. The maximum atomic E-state index is 12.6. The van der Waals surface area contributed by atoms with E-state index in [-0.39, 0.29) is 24.0 Å². The van der Waals surface area contributed by atoms with E-state index in [9.17, 15) is 9.59 Å². The van der Waals surface area contributed by atoms with E-state index >= 15 is 0 Å². The van der Waals surface area contributed by atoms with Crippen LogP contribution in [0.2, 0.25) is 0 Å².